The standard InChI is InChI=1S/C14H22N2O3S/c1-4-9(3)20-7-12-15-13(19-16-12)10-5-8(2)6-11(10)14(17)18/h8-11H,4-7H2,1-3H3,(H,17,18). The van der Waals surface area contributed by atoms with E-state index in [-0.39, 0.29) is 11.8 Å². The van der Waals surface area contributed by atoms with Crippen molar-refractivity contribution < 1.29 is 14.4 Å². The fourth-order valence-electron chi connectivity index (χ4n) is 2.65. The molecule has 1 saturated carbocycles. The molecule has 6 heteroatoms. The number of aromatic nitrogens is 2. The first kappa shape index (κ1) is 15.4. The predicted molar refractivity (Wildman–Crippen MR) is 77.6 cm³/mol. The van der Waals surface area contributed by atoms with Crippen molar-refractivity contribution in [3.63, 3.8) is 0 Å². The molecule has 0 saturated heterocycles. The van der Waals surface area contributed by atoms with Crippen LogP contribution in [0.4, 0.5) is 0 Å². The summed E-state index contributed by atoms with van der Waals surface area (Å²) < 4.78 is 5.31. The molecule has 1 aliphatic carbocycles. The van der Waals surface area contributed by atoms with Gasteiger partial charge in [0.2, 0.25) is 5.89 Å². The molecule has 5 nitrogen and oxygen atoms in total. The lowest BCUT2D eigenvalue weighted by Gasteiger charge is -2.10. The van der Waals surface area contributed by atoms with Crippen LogP contribution in [-0.4, -0.2) is 26.5 Å². The van der Waals surface area contributed by atoms with Crippen molar-refractivity contribution in [2.24, 2.45) is 11.8 Å². The van der Waals surface area contributed by atoms with Gasteiger partial charge in [-0.25, -0.2) is 0 Å². The molecule has 4 atom stereocenters. The molecule has 112 valence electrons. The van der Waals surface area contributed by atoms with E-state index < -0.39 is 5.97 Å². The van der Waals surface area contributed by atoms with Gasteiger partial charge < -0.3 is 9.63 Å². The van der Waals surface area contributed by atoms with Gasteiger partial charge in [0, 0.05) is 5.25 Å². The molecule has 1 aromatic heterocycles. The summed E-state index contributed by atoms with van der Waals surface area (Å²) in [7, 11) is 0. The van der Waals surface area contributed by atoms with Crippen molar-refractivity contribution in [2.45, 2.75) is 57.0 Å². The van der Waals surface area contributed by atoms with Crippen LogP contribution in [0.3, 0.4) is 0 Å². The first-order valence-corrected chi connectivity index (χ1v) is 8.23. The Kier molecular flexibility index (Phi) is 5.07. The molecule has 0 bridgehead atoms. The Bertz CT molecular complexity index is 463. The molecule has 1 aromatic rings. The Morgan fingerprint density at radius 2 is 2.30 bits per heavy atom. The van der Waals surface area contributed by atoms with Crippen molar-refractivity contribution in [1.82, 2.24) is 10.1 Å². The molecular weight excluding hydrogens is 276 g/mol. The lowest BCUT2D eigenvalue weighted by atomic mass is 9.96. The SMILES string of the molecule is CCC(C)SCc1noc(C2CC(C)CC2C(=O)O)n1. The Morgan fingerprint density at radius 1 is 1.55 bits per heavy atom. The van der Waals surface area contributed by atoms with Gasteiger partial charge in [0.15, 0.2) is 5.82 Å². The van der Waals surface area contributed by atoms with Crippen LogP contribution in [0.1, 0.15) is 57.7 Å². The van der Waals surface area contributed by atoms with Gasteiger partial charge in [-0.1, -0.05) is 25.9 Å². The zero-order chi connectivity index (χ0) is 14.7. The molecule has 1 aliphatic rings. The van der Waals surface area contributed by atoms with E-state index in [2.05, 4.69) is 30.9 Å². The molecule has 0 aliphatic heterocycles. The number of carbonyl (C=O) groups is 1. The van der Waals surface area contributed by atoms with Gasteiger partial charge >= 0.3 is 5.97 Å². The normalized spacial score (nSPS) is 27.6. The molecule has 4 unspecified atom stereocenters. The van der Waals surface area contributed by atoms with Gasteiger partial charge in [0.1, 0.15) is 0 Å². The Hall–Kier alpha value is -1.04. The van der Waals surface area contributed by atoms with Crippen molar-refractivity contribution in [2.75, 3.05) is 0 Å². The number of carboxylic acid groups (broad SMARTS) is 1. The van der Waals surface area contributed by atoms with E-state index >= 15 is 0 Å². The minimum absolute atomic E-state index is 0.127. The number of nitrogens with zero attached hydrogens (tertiary/aromatic N) is 2. The third-order valence-corrected chi connectivity index (χ3v) is 5.32. The van der Waals surface area contributed by atoms with Crippen LogP contribution in [-0.2, 0) is 10.5 Å². The highest BCUT2D eigenvalue weighted by Gasteiger charge is 2.41. The molecule has 1 fully saturated rings. The fourth-order valence-corrected chi connectivity index (χ4v) is 3.44. The molecule has 0 amide bonds. The summed E-state index contributed by atoms with van der Waals surface area (Å²) in [6.07, 6.45) is 2.62. The van der Waals surface area contributed by atoms with Crippen LogP contribution in [0.2, 0.25) is 0 Å². The van der Waals surface area contributed by atoms with E-state index in [0.29, 0.717) is 29.3 Å². The van der Waals surface area contributed by atoms with Crippen LogP contribution in [0.25, 0.3) is 0 Å². The molecule has 1 N–H and O–H groups in total. The maximum absolute atomic E-state index is 11.3. The van der Waals surface area contributed by atoms with Crippen molar-refractivity contribution >= 4 is 17.7 Å². The van der Waals surface area contributed by atoms with E-state index in [1.807, 2.05) is 0 Å². The summed E-state index contributed by atoms with van der Waals surface area (Å²) in [5.74, 6) is 1.02. The largest absolute Gasteiger partial charge is 0.481 e. The minimum atomic E-state index is -0.756. The summed E-state index contributed by atoms with van der Waals surface area (Å²) in [5, 5.41) is 13.8. The Balaban J connectivity index is 2.02. The van der Waals surface area contributed by atoms with E-state index in [9.17, 15) is 9.90 Å². The lowest BCUT2D eigenvalue weighted by molar-refractivity contribution is -0.142. The van der Waals surface area contributed by atoms with Crippen LogP contribution in [0.15, 0.2) is 4.52 Å². The molecule has 20 heavy (non-hydrogen) atoms. The lowest BCUT2D eigenvalue weighted by Crippen LogP contribution is -2.17. The summed E-state index contributed by atoms with van der Waals surface area (Å²) in [4.78, 5) is 15.7. The smallest absolute Gasteiger partial charge is 0.307 e. The second-order valence-electron chi connectivity index (χ2n) is 5.71. The van der Waals surface area contributed by atoms with Crippen LogP contribution >= 0.6 is 11.8 Å². The molecule has 0 spiro atoms. The Labute approximate surface area is 123 Å². The molecule has 0 aromatic carbocycles. The zero-order valence-electron chi connectivity index (χ0n) is 12.2. The van der Waals surface area contributed by atoms with Gasteiger partial charge in [-0.3, -0.25) is 4.79 Å². The van der Waals surface area contributed by atoms with Crippen molar-refractivity contribution in [3.8, 4) is 0 Å². The van der Waals surface area contributed by atoms with Crippen LogP contribution in [0, 0.1) is 11.8 Å². The predicted octanol–water partition coefficient (Wildman–Crippen LogP) is 3.32. The molecule has 0 radical (unpaired) electrons. The molecular formula is C14H22N2O3S. The highest BCUT2D eigenvalue weighted by atomic mass is 32.2. The van der Waals surface area contributed by atoms with E-state index in [0.717, 1.165) is 18.6 Å². The first-order chi connectivity index (χ1) is 9.51. The maximum Gasteiger partial charge on any atom is 0.307 e. The number of hydrogen-bond acceptors (Lipinski definition) is 5. The van der Waals surface area contributed by atoms with Gasteiger partial charge in [-0.15, -0.1) is 0 Å². The van der Waals surface area contributed by atoms with Crippen molar-refractivity contribution in [3.05, 3.63) is 11.7 Å². The first-order valence-electron chi connectivity index (χ1n) is 7.18. The average molecular weight is 298 g/mol. The quantitative estimate of drug-likeness (QED) is 0.868. The topological polar surface area (TPSA) is 76.2 Å². The molecule has 1 heterocycles. The highest BCUT2D eigenvalue weighted by Crippen LogP contribution is 2.42. The summed E-state index contributed by atoms with van der Waals surface area (Å²) in [5.41, 5.74) is 0. The highest BCUT2D eigenvalue weighted by molar-refractivity contribution is 7.99. The van der Waals surface area contributed by atoms with E-state index in [1.54, 1.807) is 11.8 Å². The number of rotatable bonds is 6. The van der Waals surface area contributed by atoms with Crippen LogP contribution < -0.4 is 0 Å². The maximum atomic E-state index is 11.3. The van der Waals surface area contributed by atoms with Gasteiger partial charge in [0.05, 0.1) is 17.6 Å². The third-order valence-electron chi connectivity index (χ3n) is 3.99. The van der Waals surface area contributed by atoms with Gasteiger partial charge in [-0.05, 0) is 25.2 Å². The number of carboxylic acids is 1. The minimum Gasteiger partial charge on any atom is -0.481 e. The monoisotopic (exact) mass is 298 g/mol. The summed E-state index contributed by atoms with van der Waals surface area (Å²) in [6.45, 7) is 6.40. The summed E-state index contributed by atoms with van der Waals surface area (Å²) >= 11 is 1.79. The number of aliphatic carboxylic acids is 1. The fraction of sp³-hybridized carbons (Fsp3) is 0.786. The second kappa shape index (κ2) is 6.61. The number of hydrogen-bond donors (Lipinski definition) is 1. The van der Waals surface area contributed by atoms with E-state index in [4.69, 9.17) is 4.52 Å². The van der Waals surface area contributed by atoms with Crippen LogP contribution in [0.5, 0.6) is 0 Å². The zero-order valence-corrected chi connectivity index (χ0v) is 13.0. The van der Waals surface area contributed by atoms with Gasteiger partial charge in [0.25, 0.3) is 0 Å². The molecule has 2 rings (SSSR count). The third kappa shape index (κ3) is 3.53. The number of thioether (sulfide) groups is 1. The van der Waals surface area contributed by atoms with Crippen molar-refractivity contribution in [1.29, 1.82) is 0 Å². The second-order valence-corrected chi connectivity index (χ2v) is 7.13. The summed E-state index contributed by atoms with van der Waals surface area (Å²) in [6, 6.07) is 0. The van der Waals surface area contributed by atoms with E-state index in [1.165, 1.54) is 0 Å². The van der Waals surface area contributed by atoms with Gasteiger partial charge in [-0.2, -0.15) is 16.7 Å². The Morgan fingerprint density at radius 3 is 2.95 bits per heavy atom. The average Bonchev–Trinajstić information content (AvgIpc) is 3.01.